The van der Waals surface area contributed by atoms with E-state index in [4.69, 9.17) is 0 Å². The number of nitrogens with one attached hydrogen (secondary N) is 1. The first kappa shape index (κ1) is 15.3. The standard InChI is InChI=1S/C18H27N3O/c1-11(2)9-13-16(18(13,3)4)17(22)20-14-7-6-8-15-12(14)10-19-21(15)5/h9-10,13-14,16H,6-8H2,1-5H3,(H,20,22)/t13-,14+,16+/m1/s1. The molecule has 1 aromatic rings. The Morgan fingerprint density at radius 1 is 1.45 bits per heavy atom. The summed E-state index contributed by atoms with van der Waals surface area (Å²) in [6, 6.07) is 0.133. The van der Waals surface area contributed by atoms with Crippen LogP contribution in [0.25, 0.3) is 0 Å². The maximum absolute atomic E-state index is 12.7. The SMILES string of the molecule is CC(C)=C[C@@H]1[C@@H](C(=O)N[C@H]2CCCc3c2cnn3C)C1(C)C. The average Bonchev–Trinajstić information content (AvgIpc) is 2.77. The minimum absolute atomic E-state index is 0.0772. The van der Waals surface area contributed by atoms with Crippen molar-refractivity contribution in [2.75, 3.05) is 0 Å². The number of hydrogen-bond donors (Lipinski definition) is 1. The fourth-order valence-electron chi connectivity index (χ4n) is 3.97. The highest BCUT2D eigenvalue weighted by Crippen LogP contribution is 2.59. The highest BCUT2D eigenvalue weighted by Gasteiger charge is 2.60. The van der Waals surface area contributed by atoms with Gasteiger partial charge in [-0.05, 0) is 44.4 Å². The second-order valence-electron chi connectivity index (χ2n) is 7.69. The molecule has 0 aromatic carbocycles. The summed E-state index contributed by atoms with van der Waals surface area (Å²) in [5.74, 6) is 0.674. The Kier molecular flexibility index (Phi) is 3.66. The summed E-state index contributed by atoms with van der Waals surface area (Å²) in [5.41, 5.74) is 3.85. The third kappa shape index (κ3) is 2.49. The summed E-state index contributed by atoms with van der Waals surface area (Å²) in [6.45, 7) is 8.59. The number of aromatic nitrogens is 2. The number of nitrogens with zero attached hydrogens (tertiary/aromatic N) is 2. The van der Waals surface area contributed by atoms with Crippen LogP contribution in [0.5, 0.6) is 0 Å². The maximum Gasteiger partial charge on any atom is 0.224 e. The molecule has 120 valence electrons. The van der Waals surface area contributed by atoms with E-state index in [2.05, 4.69) is 44.2 Å². The number of rotatable bonds is 3. The monoisotopic (exact) mass is 301 g/mol. The van der Waals surface area contributed by atoms with Gasteiger partial charge >= 0.3 is 0 Å². The molecule has 0 bridgehead atoms. The molecule has 4 heteroatoms. The molecule has 1 N–H and O–H groups in total. The average molecular weight is 301 g/mol. The van der Waals surface area contributed by atoms with Gasteiger partial charge in [0.2, 0.25) is 5.91 Å². The summed E-state index contributed by atoms with van der Waals surface area (Å²) in [7, 11) is 1.98. The smallest absolute Gasteiger partial charge is 0.224 e. The van der Waals surface area contributed by atoms with Crippen molar-refractivity contribution in [3.05, 3.63) is 29.1 Å². The Hall–Kier alpha value is -1.58. The van der Waals surface area contributed by atoms with Gasteiger partial charge in [-0.2, -0.15) is 5.10 Å². The summed E-state index contributed by atoms with van der Waals surface area (Å²) < 4.78 is 1.95. The quantitative estimate of drug-likeness (QED) is 0.872. The van der Waals surface area contributed by atoms with Crippen molar-refractivity contribution in [2.45, 2.75) is 53.0 Å². The van der Waals surface area contributed by atoms with Gasteiger partial charge in [0.1, 0.15) is 0 Å². The van der Waals surface area contributed by atoms with Gasteiger partial charge in [-0.15, -0.1) is 0 Å². The first-order valence-corrected chi connectivity index (χ1v) is 8.28. The van der Waals surface area contributed by atoms with Crippen LogP contribution in [0.2, 0.25) is 0 Å². The van der Waals surface area contributed by atoms with Crippen molar-refractivity contribution < 1.29 is 4.79 Å². The summed E-state index contributed by atoms with van der Waals surface area (Å²) >= 11 is 0. The van der Waals surface area contributed by atoms with E-state index in [-0.39, 0.29) is 23.3 Å². The van der Waals surface area contributed by atoms with Gasteiger partial charge in [0.15, 0.2) is 0 Å². The van der Waals surface area contributed by atoms with Crippen LogP contribution < -0.4 is 5.32 Å². The molecule has 2 aliphatic rings. The molecule has 3 atom stereocenters. The van der Waals surface area contributed by atoms with E-state index in [0.29, 0.717) is 5.92 Å². The van der Waals surface area contributed by atoms with E-state index >= 15 is 0 Å². The lowest BCUT2D eigenvalue weighted by molar-refractivity contribution is -0.124. The Morgan fingerprint density at radius 3 is 2.86 bits per heavy atom. The number of allylic oxidation sites excluding steroid dienone is 2. The summed E-state index contributed by atoms with van der Waals surface area (Å²) in [4.78, 5) is 12.7. The minimum Gasteiger partial charge on any atom is -0.349 e. The first-order chi connectivity index (χ1) is 10.3. The molecular weight excluding hydrogens is 274 g/mol. The van der Waals surface area contributed by atoms with Gasteiger partial charge in [-0.1, -0.05) is 25.5 Å². The molecule has 22 heavy (non-hydrogen) atoms. The lowest BCUT2D eigenvalue weighted by atomic mass is 9.92. The van der Waals surface area contributed by atoms with E-state index in [1.807, 2.05) is 17.9 Å². The van der Waals surface area contributed by atoms with E-state index < -0.39 is 0 Å². The van der Waals surface area contributed by atoms with E-state index in [1.54, 1.807) is 0 Å². The fraction of sp³-hybridized carbons (Fsp3) is 0.667. The van der Waals surface area contributed by atoms with Crippen LogP contribution in [0.1, 0.15) is 57.8 Å². The number of amides is 1. The lowest BCUT2D eigenvalue weighted by Crippen LogP contribution is -2.33. The summed E-state index contributed by atoms with van der Waals surface area (Å²) in [6.07, 6.45) is 7.37. The van der Waals surface area contributed by atoms with Gasteiger partial charge in [0, 0.05) is 18.3 Å². The van der Waals surface area contributed by atoms with E-state index in [1.165, 1.54) is 16.8 Å². The van der Waals surface area contributed by atoms with Gasteiger partial charge in [0.25, 0.3) is 0 Å². The van der Waals surface area contributed by atoms with E-state index in [9.17, 15) is 4.79 Å². The fourth-order valence-corrected chi connectivity index (χ4v) is 3.97. The van der Waals surface area contributed by atoms with Crippen molar-refractivity contribution in [1.82, 2.24) is 15.1 Å². The molecule has 1 heterocycles. The Balaban J connectivity index is 1.73. The summed E-state index contributed by atoms with van der Waals surface area (Å²) in [5, 5.41) is 7.64. The van der Waals surface area contributed by atoms with Crippen LogP contribution >= 0.6 is 0 Å². The third-order valence-electron chi connectivity index (χ3n) is 5.40. The van der Waals surface area contributed by atoms with Crippen LogP contribution in [0.3, 0.4) is 0 Å². The predicted octanol–water partition coefficient (Wildman–Crippen LogP) is 3.15. The van der Waals surface area contributed by atoms with Crippen molar-refractivity contribution >= 4 is 5.91 Å². The Labute approximate surface area is 133 Å². The van der Waals surface area contributed by atoms with Crippen molar-refractivity contribution in [3.8, 4) is 0 Å². The normalized spacial score (nSPS) is 28.7. The van der Waals surface area contributed by atoms with Gasteiger partial charge < -0.3 is 5.32 Å². The zero-order chi connectivity index (χ0) is 16.1. The maximum atomic E-state index is 12.7. The molecule has 3 rings (SSSR count). The van der Waals surface area contributed by atoms with Crippen molar-refractivity contribution in [1.29, 1.82) is 0 Å². The number of carbonyl (C=O) groups excluding carboxylic acids is 1. The minimum atomic E-state index is 0.0772. The molecule has 0 unspecified atom stereocenters. The number of carbonyl (C=O) groups is 1. The predicted molar refractivity (Wildman–Crippen MR) is 87.2 cm³/mol. The van der Waals surface area contributed by atoms with Gasteiger partial charge in [-0.25, -0.2) is 0 Å². The Bertz CT molecular complexity index is 622. The van der Waals surface area contributed by atoms with Crippen LogP contribution in [0, 0.1) is 17.3 Å². The molecule has 1 fully saturated rings. The van der Waals surface area contributed by atoms with Crippen molar-refractivity contribution in [3.63, 3.8) is 0 Å². The topological polar surface area (TPSA) is 46.9 Å². The highest BCUT2D eigenvalue weighted by atomic mass is 16.2. The largest absolute Gasteiger partial charge is 0.349 e. The molecule has 1 saturated carbocycles. The molecule has 4 nitrogen and oxygen atoms in total. The molecule has 2 aliphatic carbocycles. The Morgan fingerprint density at radius 2 is 2.18 bits per heavy atom. The lowest BCUT2D eigenvalue weighted by Gasteiger charge is -2.24. The second-order valence-corrected chi connectivity index (χ2v) is 7.69. The van der Waals surface area contributed by atoms with Crippen LogP contribution in [0.4, 0.5) is 0 Å². The molecule has 0 aliphatic heterocycles. The van der Waals surface area contributed by atoms with Crippen LogP contribution in [-0.4, -0.2) is 15.7 Å². The number of hydrogen-bond acceptors (Lipinski definition) is 2. The van der Waals surface area contributed by atoms with Crippen LogP contribution in [-0.2, 0) is 18.3 Å². The highest BCUT2D eigenvalue weighted by molar-refractivity contribution is 5.84. The van der Waals surface area contributed by atoms with Gasteiger partial charge in [-0.3, -0.25) is 9.48 Å². The molecule has 1 amide bonds. The zero-order valence-electron chi connectivity index (χ0n) is 14.3. The second kappa shape index (κ2) is 5.25. The molecule has 0 radical (unpaired) electrons. The molecule has 0 saturated heterocycles. The molecular formula is C18H27N3O. The number of aryl methyl sites for hydroxylation is 1. The third-order valence-corrected chi connectivity index (χ3v) is 5.40. The molecule has 1 aromatic heterocycles. The van der Waals surface area contributed by atoms with Crippen molar-refractivity contribution in [2.24, 2.45) is 24.3 Å². The van der Waals surface area contributed by atoms with E-state index in [0.717, 1.165) is 19.3 Å². The van der Waals surface area contributed by atoms with Gasteiger partial charge in [0.05, 0.1) is 18.2 Å². The zero-order valence-corrected chi connectivity index (χ0v) is 14.3. The number of fused-ring (bicyclic) bond motifs is 1. The first-order valence-electron chi connectivity index (χ1n) is 8.28. The molecule has 0 spiro atoms. The van der Waals surface area contributed by atoms with Crippen LogP contribution in [0.15, 0.2) is 17.8 Å².